The van der Waals surface area contributed by atoms with Crippen molar-refractivity contribution in [2.24, 2.45) is 0 Å². The second-order valence-corrected chi connectivity index (χ2v) is 8.22. The minimum absolute atomic E-state index is 0.0357. The van der Waals surface area contributed by atoms with E-state index in [0.29, 0.717) is 34.0 Å². The SMILES string of the molecule is [2H]c1nc(N([2H])C2([2H])CCN(C([2H])c3ccc(F)c(Cl)c3)CC2)c2nc(C([2H])(C)C)sc2n1. The van der Waals surface area contributed by atoms with E-state index in [1.165, 1.54) is 29.5 Å². The maximum atomic E-state index is 13.5. The molecule has 1 N–H and O–H groups in total. The fourth-order valence-electron chi connectivity index (χ4n) is 2.97. The molecular weight excluding hydrogens is 397 g/mol. The van der Waals surface area contributed by atoms with Crippen molar-refractivity contribution in [3.8, 4) is 0 Å². The second kappa shape index (κ2) is 8.27. The highest BCUT2D eigenvalue weighted by atomic mass is 35.5. The van der Waals surface area contributed by atoms with Crippen LogP contribution in [-0.2, 0) is 6.52 Å². The summed E-state index contributed by atoms with van der Waals surface area (Å²) < 4.78 is 55.8. The van der Waals surface area contributed by atoms with Crippen LogP contribution in [0.15, 0.2) is 24.5 Å². The highest BCUT2D eigenvalue weighted by Gasteiger charge is 2.21. The van der Waals surface area contributed by atoms with Crippen molar-refractivity contribution in [2.45, 2.75) is 45.1 Å². The highest BCUT2D eigenvalue weighted by molar-refractivity contribution is 7.18. The van der Waals surface area contributed by atoms with Crippen LogP contribution in [0.5, 0.6) is 0 Å². The lowest BCUT2D eigenvalue weighted by atomic mass is 10.0. The molecule has 1 aliphatic heterocycles. The molecule has 1 saturated heterocycles. The summed E-state index contributed by atoms with van der Waals surface area (Å²) in [5.74, 6) is -1.42. The van der Waals surface area contributed by atoms with Crippen molar-refractivity contribution in [3.05, 3.63) is 45.9 Å². The van der Waals surface area contributed by atoms with Gasteiger partial charge in [0.1, 0.15) is 23.8 Å². The first-order chi connectivity index (χ1) is 15.4. The van der Waals surface area contributed by atoms with Gasteiger partial charge in [-0.05, 0) is 30.5 Å². The zero-order valence-electron chi connectivity index (χ0n) is 20.5. The van der Waals surface area contributed by atoms with Crippen LogP contribution in [0, 0.1) is 5.82 Å². The number of benzene rings is 1. The maximum absolute atomic E-state index is 13.5. The first-order valence-corrected chi connectivity index (χ1v) is 10.1. The van der Waals surface area contributed by atoms with Gasteiger partial charge < -0.3 is 5.31 Å². The molecule has 3 heterocycles. The number of piperidine rings is 1. The molecule has 1 aromatic carbocycles. The molecule has 148 valence electrons. The standard InChI is InChI=1S/C20H23ClFN5S/c1-12(2)19-26-17-18(23-11-24-20(17)28-19)25-14-5-7-27(8-6-14)10-13-3-4-16(22)15(21)9-13/h3-4,9,11-12,14H,5-8,10H2,1-2H3,(H,23,24,25)/i10D,11D,12D,14D/hD. The van der Waals surface area contributed by atoms with Gasteiger partial charge in [0.15, 0.2) is 7.23 Å². The van der Waals surface area contributed by atoms with E-state index in [0.717, 1.165) is 5.31 Å². The summed E-state index contributed by atoms with van der Waals surface area (Å²) in [5.41, 5.74) is 0.876. The fourth-order valence-corrected chi connectivity index (χ4v) is 4.01. The van der Waals surface area contributed by atoms with Crippen LogP contribution in [-0.4, -0.2) is 39.0 Å². The van der Waals surface area contributed by atoms with Crippen LogP contribution in [0.1, 0.15) is 48.6 Å². The van der Waals surface area contributed by atoms with Crippen molar-refractivity contribution in [2.75, 3.05) is 18.4 Å². The number of halogens is 2. The van der Waals surface area contributed by atoms with E-state index in [4.69, 9.17) is 18.5 Å². The number of thiazole rings is 1. The minimum atomic E-state index is -1.34. The smallest absolute Gasteiger partial charge is 0.162 e. The number of aromatic nitrogens is 3. The first kappa shape index (κ1) is 14.2. The van der Waals surface area contributed by atoms with Gasteiger partial charge in [-0.25, -0.2) is 19.3 Å². The Morgan fingerprint density at radius 1 is 1.50 bits per heavy atom. The molecule has 4 rings (SSSR count). The molecule has 0 radical (unpaired) electrons. The number of nitrogens with one attached hydrogen (secondary N) is 1. The molecule has 28 heavy (non-hydrogen) atoms. The molecule has 1 unspecified atom stereocenters. The Balaban J connectivity index is 1.56. The van der Waals surface area contributed by atoms with Crippen LogP contribution in [0.3, 0.4) is 0 Å². The number of likely N-dealkylation sites (tertiary alicyclic amines) is 1. The average molecular weight is 425 g/mol. The van der Waals surface area contributed by atoms with Crippen LogP contribution in [0.25, 0.3) is 10.3 Å². The lowest BCUT2D eigenvalue weighted by molar-refractivity contribution is 0.211. The van der Waals surface area contributed by atoms with E-state index >= 15 is 0 Å². The van der Waals surface area contributed by atoms with E-state index in [-0.39, 0.29) is 30.0 Å². The van der Waals surface area contributed by atoms with Gasteiger partial charge in [-0.3, -0.25) is 4.90 Å². The Morgan fingerprint density at radius 3 is 3.00 bits per heavy atom. The molecule has 0 bridgehead atoms. The zero-order valence-corrected chi connectivity index (χ0v) is 17.1. The predicted octanol–water partition coefficient (Wildman–Crippen LogP) is 5.08. The van der Waals surface area contributed by atoms with Gasteiger partial charge in [0, 0.05) is 34.3 Å². The number of fused-ring (bicyclic) bond motifs is 1. The van der Waals surface area contributed by atoms with Crippen LogP contribution in [0.4, 0.5) is 10.2 Å². The van der Waals surface area contributed by atoms with Gasteiger partial charge in [-0.1, -0.05) is 42.9 Å². The monoisotopic (exact) mass is 424 g/mol. The second-order valence-electron chi connectivity index (χ2n) is 6.84. The molecule has 0 spiro atoms. The molecule has 0 amide bonds. The first-order valence-electron chi connectivity index (χ1n) is 11.5. The maximum Gasteiger partial charge on any atom is 0.162 e. The number of hydrogen-bond donors (Lipinski definition) is 1. The predicted molar refractivity (Wildman–Crippen MR) is 113 cm³/mol. The van der Waals surface area contributed by atoms with Crippen molar-refractivity contribution < 1.29 is 11.3 Å². The molecule has 2 aromatic heterocycles. The highest BCUT2D eigenvalue weighted by Crippen LogP contribution is 2.30. The summed E-state index contributed by atoms with van der Waals surface area (Å²) in [5, 5.41) is 1.45. The largest absolute Gasteiger partial charge is 0.365 e. The minimum Gasteiger partial charge on any atom is -0.365 e. The molecule has 1 aliphatic rings. The molecule has 3 aromatic rings. The third kappa shape index (κ3) is 4.26. The van der Waals surface area contributed by atoms with Gasteiger partial charge in [0.2, 0.25) is 0 Å². The van der Waals surface area contributed by atoms with Crippen LogP contribution in [0.2, 0.25) is 6.43 Å². The topological polar surface area (TPSA) is 53.9 Å². The van der Waals surface area contributed by atoms with E-state index in [1.54, 1.807) is 13.8 Å². The van der Waals surface area contributed by atoms with Crippen molar-refractivity contribution in [3.63, 3.8) is 0 Å². The van der Waals surface area contributed by atoms with Crippen LogP contribution < -0.4 is 5.31 Å². The van der Waals surface area contributed by atoms with Crippen molar-refractivity contribution in [1.29, 1.82) is 0 Å². The van der Waals surface area contributed by atoms with Crippen molar-refractivity contribution >= 4 is 39.1 Å². The third-order valence-electron chi connectivity index (χ3n) is 4.47. The molecule has 0 aliphatic carbocycles. The summed E-state index contributed by atoms with van der Waals surface area (Å²) in [4.78, 5) is 14.9. The van der Waals surface area contributed by atoms with Gasteiger partial charge in [-0.15, -0.1) is 0 Å². The summed E-state index contributed by atoms with van der Waals surface area (Å²) in [6.45, 7) is 3.37. The quantitative estimate of drug-likeness (QED) is 0.619. The Labute approximate surface area is 180 Å². The molecule has 1 fully saturated rings. The molecule has 5 nitrogen and oxygen atoms in total. The summed E-state index contributed by atoms with van der Waals surface area (Å²) in [6.07, 6.45) is 0.231. The van der Waals surface area contributed by atoms with Gasteiger partial charge in [0.05, 0.1) is 11.4 Å². The Hall–Kier alpha value is -1.83. The fraction of sp³-hybridized carbons (Fsp3) is 0.450. The van der Waals surface area contributed by atoms with E-state index < -0.39 is 24.2 Å². The molecule has 8 heteroatoms. The number of anilines is 1. The van der Waals surface area contributed by atoms with Gasteiger partial charge in [0.25, 0.3) is 0 Å². The lowest BCUT2D eigenvalue weighted by Gasteiger charge is -2.32. The Bertz CT molecular complexity index is 1180. The molecule has 1 atom stereocenters. The summed E-state index contributed by atoms with van der Waals surface area (Å²) >= 11 is 7.05. The van der Waals surface area contributed by atoms with E-state index in [2.05, 4.69) is 15.0 Å². The Kier molecular flexibility index (Phi) is 4.19. The average Bonchev–Trinajstić information content (AvgIpc) is 3.19. The van der Waals surface area contributed by atoms with Crippen LogP contribution >= 0.6 is 22.9 Å². The third-order valence-corrected chi connectivity index (χ3v) is 5.93. The number of rotatable bonds is 5. The van der Waals surface area contributed by atoms with E-state index in [9.17, 15) is 4.39 Å². The van der Waals surface area contributed by atoms with Gasteiger partial charge >= 0.3 is 0 Å². The number of nitrogens with zero attached hydrogens (tertiary/aromatic N) is 4. The Morgan fingerprint density at radius 2 is 2.29 bits per heavy atom. The van der Waals surface area contributed by atoms with E-state index in [1.807, 2.05) is 4.90 Å². The lowest BCUT2D eigenvalue weighted by Crippen LogP contribution is -2.38. The summed E-state index contributed by atoms with van der Waals surface area (Å²) in [7, 11) is 0. The normalized spacial score (nSPS) is 21.4. The molecular formula is C20H23ClFN5S. The zero-order chi connectivity index (χ0) is 24.1. The molecule has 0 saturated carbocycles. The van der Waals surface area contributed by atoms with Crippen molar-refractivity contribution in [1.82, 2.24) is 19.9 Å². The van der Waals surface area contributed by atoms with Gasteiger partial charge in [-0.2, -0.15) is 0 Å². The number of hydrogen-bond acceptors (Lipinski definition) is 6. The summed E-state index contributed by atoms with van der Waals surface area (Å²) in [6, 6.07) is 2.86.